The van der Waals surface area contributed by atoms with Crippen molar-refractivity contribution in [2.24, 2.45) is 5.92 Å². The first-order chi connectivity index (χ1) is 8.31. The summed E-state index contributed by atoms with van der Waals surface area (Å²) < 4.78 is 7.70. The molecule has 1 aromatic heterocycles. The highest BCUT2D eigenvalue weighted by Crippen LogP contribution is 2.18. The van der Waals surface area contributed by atoms with E-state index in [9.17, 15) is 0 Å². The summed E-state index contributed by atoms with van der Waals surface area (Å²) in [6.45, 7) is 8.37. The molecule has 3 heteroatoms. The maximum absolute atomic E-state index is 5.40. The van der Waals surface area contributed by atoms with E-state index >= 15 is 0 Å². The van der Waals surface area contributed by atoms with Crippen molar-refractivity contribution in [2.75, 3.05) is 13.2 Å². The van der Waals surface area contributed by atoms with Gasteiger partial charge in [-0.3, -0.25) is 0 Å². The van der Waals surface area contributed by atoms with Crippen LogP contribution in [0.2, 0.25) is 0 Å². The number of hydrogen-bond acceptors (Lipinski definition) is 2. The maximum atomic E-state index is 5.40. The normalized spacial score (nSPS) is 19.4. The molecule has 2 rings (SSSR count). The van der Waals surface area contributed by atoms with E-state index in [0.717, 1.165) is 32.2 Å². The smallest absolute Gasteiger partial charge is 0.0469 e. The standard InChI is InChI=1S/C14H24N2O/c1-3-16-8-4-5-14(16)11-15-12(2)13-6-9-17-10-7-13/h4-5,8,12-13,15H,3,6-7,9-11H2,1-2H3. The van der Waals surface area contributed by atoms with E-state index in [1.54, 1.807) is 0 Å². The van der Waals surface area contributed by atoms with E-state index in [4.69, 9.17) is 4.74 Å². The molecule has 1 atom stereocenters. The Morgan fingerprint density at radius 3 is 2.94 bits per heavy atom. The Morgan fingerprint density at radius 2 is 2.24 bits per heavy atom. The van der Waals surface area contributed by atoms with Crippen molar-refractivity contribution in [2.45, 2.75) is 45.8 Å². The molecule has 0 aliphatic carbocycles. The Hall–Kier alpha value is -0.800. The van der Waals surface area contributed by atoms with Crippen molar-refractivity contribution in [3.05, 3.63) is 24.0 Å². The molecule has 0 amide bonds. The zero-order chi connectivity index (χ0) is 12.1. The summed E-state index contributed by atoms with van der Waals surface area (Å²) in [5, 5.41) is 3.65. The van der Waals surface area contributed by atoms with Crippen LogP contribution in [0.1, 0.15) is 32.4 Å². The van der Waals surface area contributed by atoms with Crippen LogP contribution in [0.4, 0.5) is 0 Å². The average Bonchev–Trinajstić information content (AvgIpc) is 2.84. The third-order valence-corrected chi connectivity index (χ3v) is 3.84. The number of nitrogens with zero attached hydrogens (tertiary/aromatic N) is 1. The predicted octanol–water partition coefficient (Wildman–Crippen LogP) is 2.41. The monoisotopic (exact) mass is 236 g/mol. The van der Waals surface area contributed by atoms with Gasteiger partial charge in [0.15, 0.2) is 0 Å². The third-order valence-electron chi connectivity index (χ3n) is 3.84. The summed E-state index contributed by atoms with van der Waals surface area (Å²) in [5.41, 5.74) is 1.38. The molecule has 1 aliphatic rings. The van der Waals surface area contributed by atoms with Crippen LogP contribution in [0.25, 0.3) is 0 Å². The molecule has 0 bridgehead atoms. The van der Waals surface area contributed by atoms with Gasteiger partial charge in [0.1, 0.15) is 0 Å². The molecule has 0 radical (unpaired) electrons. The largest absolute Gasteiger partial charge is 0.381 e. The molecule has 3 nitrogen and oxygen atoms in total. The van der Waals surface area contributed by atoms with E-state index in [2.05, 4.69) is 42.1 Å². The molecule has 1 saturated heterocycles. The Kier molecular flexibility index (Phi) is 4.63. The van der Waals surface area contributed by atoms with Gasteiger partial charge < -0.3 is 14.6 Å². The van der Waals surface area contributed by atoms with Gasteiger partial charge in [-0.15, -0.1) is 0 Å². The molecule has 0 saturated carbocycles. The Morgan fingerprint density at radius 1 is 1.47 bits per heavy atom. The van der Waals surface area contributed by atoms with Crippen molar-refractivity contribution >= 4 is 0 Å². The quantitative estimate of drug-likeness (QED) is 0.849. The minimum absolute atomic E-state index is 0.583. The minimum Gasteiger partial charge on any atom is -0.381 e. The van der Waals surface area contributed by atoms with E-state index < -0.39 is 0 Å². The van der Waals surface area contributed by atoms with Gasteiger partial charge in [-0.1, -0.05) is 0 Å². The van der Waals surface area contributed by atoms with Crippen LogP contribution in [-0.2, 0) is 17.8 Å². The molecular formula is C14H24N2O. The number of hydrogen-bond donors (Lipinski definition) is 1. The summed E-state index contributed by atoms with van der Waals surface area (Å²) >= 11 is 0. The SMILES string of the molecule is CCn1cccc1CNC(C)C1CCOCC1. The van der Waals surface area contributed by atoms with Gasteiger partial charge in [0.2, 0.25) is 0 Å². The lowest BCUT2D eigenvalue weighted by atomic mass is 9.93. The maximum Gasteiger partial charge on any atom is 0.0469 e. The number of aromatic nitrogens is 1. The van der Waals surface area contributed by atoms with Crippen LogP contribution in [-0.4, -0.2) is 23.8 Å². The second-order valence-electron chi connectivity index (χ2n) is 4.90. The van der Waals surface area contributed by atoms with Gasteiger partial charge in [-0.25, -0.2) is 0 Å². The van der Waals surface area contributed by atoms with Crippen molar-refractivity contribution in [1.29, 1.82) is 0 Å². The first kappa shape index (κ1) is 12.7. The van der Waals surface area contributed by atoms with Gasteiger partial charge >= 0.3 is 0 Å². The highest BCUT2D eigenvalue weighted by Gasteiger charge is 2.19. The lowest BCUT2D eigenvalue weighted by Gasteiger charge is -2.28. The Balaban J connectivity index is 1.80. The van der Waals surface area contributed by atoms with Crippen molar-refractivity contribution < 1.29 is 4.74 Å². The molecule has 96 valence electrons. The van der Waals surface area contributed by atoms with Gasteiger partial charge in [0.25, 0.3) is 0 Å². The first-order valence-corrected chi connectivity index (χ1v) is 6.76. The molecule has 1 aliphatic heterocycles. The fourth-order valence-electron chi connectivity index (χ4n) is 2.57. The lowest BCUT2D eigenvalue weighted by Crippen LogP contribution is -2.36. The zero-order valence-corrected chi connectivity index (χ0v) is 11.0. The minimum atomic E-state index is 0.583. The van der Waals surface area contributed by atoms with Crippen molar-refractivity contribution in [3.63, 3.8) is 0 Å². The first-order valence-electron chi connectivity index (χ1n) is 6.76. The van der Waals surface area contributed by atoms with Gasteiger partial charge in [-0.05, 0) is 44.7 Å². The summed E-state index contributed by atoms with van der Waals surface area (Å²) in [6.07, 6.45) is 4.54. The number of ether oxygens (including phenoxy) is 1. The second kappa shape index (κ2) is 6.22. The lowest BCUT2D eigenvalue weighted by molar-refractivity contribution is 0.0557. The molecule has 1 fully saturated rings. The van der Waals surface area contributed by atoms with Gasteiger partial charge in [-0.2, -0.15) is 0 Å². The Labute approximate surface area is 104 Å². The van der Waals surface area contributed by atoms with Gasteiger partial charge in [0, 0.05) is 44.2 Å². The second-order valence-corrected chi connectivity index (χ2v) is 4.90. The molecule has 1 aromatic rings. The van der Waals surface area contributed by atoms with E-state index in [0.29, 0.717) is 6.04 Å². The number of rotatable bonds is 5. The van der Waals surface area contributed by atoms with Crippen LogP contribution in [0.3, 0.4) is 0 Å². The van der Waals surface area contributed by atoms with Gasteiger partial charge in [0.05, 0.1) is 0 Å². The Bertz CT molecular complexity index is 329. The van der Waals surface area contributed by atoms with E-state index in [1.165, 1.54) is 18.5 Å². The molecule has 1 N–H and O–H groups in total. The molecular weight excluding hydrogens is 212 g/mol. The third kappa shape index (κ3) is 3.33. The fraction of sp³-hybridized carbons (Fsp3) is 0.714. The van der Waals surface area contributed by atoms with Crippen LogP contribution in [0, 0.1) is 5.92 Å². The molecule has 2 heterocycles. The van der Waals surface area contributed by atoms with Crippen LogP contribution >= 0.6 is 0 Å². The van der Waals surface area contributed by atoms with E-state index in [-0.39, 0.29) is 0 Å². The van der Waals surface area contributed by atoms with Crippen LogP contribution in [0.5, 0.6) is 0 Å². The van der Waals surface area contributed by atoms with Crippen LogP contribution in [0.15, 0.2) is 18.3 Å². The fourth-order valence-corrected chi connectivity index (χ4v) is 2.57. The number of nitrogens with one attached hydrogen (secondary N) is 1. The molecule has 0 spiro atoms. The van der Waals surface area contributed by atoms with Crippen molar-refractivity contribution in [1.82, 2.24) is 9.88 Å². The highest BCUT2D eigenvalue weighted by atomic mass is 16.5. The molecule has 0 aromatic carbocycles. The summed E-state index contributed by atoms with van der Waals surface area (Å²) in [4.78, 5) is 0. The topological polar surface area (TPSA) is 26.2 Å². The summed E-state index contributed by atoms with van der Waals surface area (Å²) in [6, 6.07) is 4.91. The van der Waals surface area contributed by atoms with Crippen molar-refractivity contribution in [3.8, 4) is 0 Å². The molecule has 17 heavy (non-hydrogen) atoms. The zero-order valence-electron chi connectivity index (χ0n) is 11.0. The summed E-state index contributed by atoms with van der Waals surface area (Å²) in [7, 11) is 0. The van der Waals surface area contributed by atoms with E-state index in [1.807, 2.05) is 0 Å². The predicted molar refractivity (Wildman–Crippen MR) is 70.0 cm³/mol. The number of aryl methyl sites for hydroxylation is 1. The van der Waals surface area contributed by atoms with Crippen LogP contribution < -0.4 is 5.32 Å². The summed E-state index contributed by atoms with van der Waals surface area (Å²) in [5.74, 6) is 0.772. The molecule has 1 unspecified atom stereocenters. The highest BCUT2D eigenvalue weighted by molar-refractivity contribution is 5.06. The average molecular weight is 236 g/mol.